The van der Waals surface area contributed by atoms with Gasteiger partial charge >= 0.3 is 0 Å². The van der Waals surface area contributed by atoms with Crippen molar-refractivity contribution in [1.29, 1.82) is 0 Å². The molecule has 0 radical (unpaired) electrons. The van der Waals surface area contributed by atoms with Crippen molar-refractivity contribution >= 4 is 56.6 Å². The second kappa shape index (κ2) is 12.4. The predicted octanol–water partition coefficient (Wildman–Crippen LogP) is 7.49. The topological polar surface area (TPSA) is 66.5 Å². The Morgan fingerprint density at radius 2 is 1.54 bits per heavy atom. The quantitative estimate of drug-likeness (QED) is 0.215. The maximum Gasteiger partial charge on any atom is 0.265 e. The van der Waals surface area contributed by atoms with Gasteiger partial charge < -0.3 is 5.32 Å². The van der Waals surface area contributed by atoms with Crippen LogP contribution in [0.25, 0.3) is 0 Å². The van der Waals surface area contributed by atoms with Crippen LogP contribution in [0.2, 0.25) is 10.0 Å². The summed E-state index contributed by atoms with van der Waals surface area (Å²) in [4.78, 5) is 15.3. The average molecular weight is 604 g/mol. The number of hydrogen-bond acceptors (Lipinski definition) is 4. The first-order valence-corrected chi connectivity index (χ1v) is 14.9. The molecule has 0 saturated heterocycles. The Balaban J connectivity index is 1.63. The van der Waals surface area contributed by atoms with Gasteiger partial charge in [0.25, 0.3) is 10.0 Å². The van der Waals surface area contributed by atoms with Crippen LogP contribution in [-0.2, 0) is 21.4 Å². The van der Waals surface area contributed by atoms with Gasteiger partial charge in [-0.2, -0.15) is 0 Å². The molecule has 0 aliphatic rings. The highest BCUT2D eigenvalue weighted by Crippen LogP contribution is 2.33. The van der Waals surface area contributed by atoms with E-state index in [1.807, 2.05) is 55.5 Å². The van der Waals surface area contributed by atoms with E-state index in [9.17, 15) is 17.6 Å². The number of benzene rings is 4. The number of carbonyl (C=O) groups is 1. The van der Waals surface area contributed by atoms with E-state index in [-0.39, 0.29) is 22.2 Å². The van der Waals surface area contributed by atoms with E-state index in [1.54, 1.807) is 11.8 Å². The summed E-state index contributed by atoms with van der Waals surface area (Å²) >= 11 is 13.6. The third-order valence-electron chi connectivity index (χ3n) is 5.99. The van der Waals surface area contributed by atoms with Gasteiger partial charge in [0.05, 0.1) is 10.6 Å². The van der Waals surface area contributed by atoms with Crippen LogP contribution >= 0.6 is 35.0 Å². The zero-order chi connectivity index (χ0) is 28.2. The number of rotatable bonds is 9. The van der Waals surface area contributed by atoms with Gasteiger partial charge in [-0.25, -0.2) is 12.8 Å². The molecule has 4 aromatic rings. The van der Waals surface area contributed by atoms with Gasteiger partial charge in [-0.05, 0) is 79.6 Å². The lowest BCUT2D eigenvalue weighted by molar-refractivity contribution is -0.122. The monoisotopic (exact) mass is 602 g/mol. The smallest absolute Gasteiger partial charge is 0.265 e. The lowest BCUT2D eigenvalue weighted by Gasteiger charge is -2.30. The molecule has 4 aromatic carbocycles. The zero-order valence-corrected chi connectivity index (χ0v) is 24.2. The lowest BCUT2D eigenvalue weighted by Crippen LogP contribution is -2.48. The van der Waals surface area contributed by atoms with Gasteiger partial charge in [-0.15, -0.1) is 0 Å². The summed E-state index contributed by atoms with van der Waals surface area (Å²) in [6.45, 7) is 3.57. The molecule has 1 N–H and O–H groups in total. The zero-order valence-electron chi connectivity index (χ0n) is 21.1. The fourth-order valence-electron chi connectivity index (χ4n) is 3.90. The molecule has 10 heteroatoms. The highest BCUT2D eigenvalue weighted by molar-refractivity contribution is 7.99. The first kappa shape index (κ1) is 29.0. The molecule has 0 saturated carbocycles. The number of amides is 1. The van der Waals surface area contributed by atoms with Crippen LogP contribution in [0.5, 0.6) is 0 Å². The molecule has 0 bridgehead atoms. The Kier molecular flexibility index (Phi) is 9.23. The van der Waals surface area contributed by atoms with Crippen molar-refractivity contribution in [2.45, 2.75) is 41.1 Å². The van der Waals surface area contributed by atoms with Gasteiger partial charge in [0.2, 0.25) is 5.91 Å². The molecule has 0 aliphatic heterocycles. The summed E-state index contributed by atoms with van der Waals surface area (Å²) < 4.78 is 43.1. The summed E-state index contributed by atoms with van der Waals surface area (Å²) in [5.41, 5.74) is 1.64. The molecule has 1 unspecified atom stereocenters. The molecular formula is C29H25Cl2FN2O3S2. The van der Waals surface area contributed by atoms with E-state index >= 15 is 0 Å². The third kappa shape index (κ3) is 6.76. The number of anilines is 1. The Labute approximate surface area is 242 Å². The number of aryl methyl sites for hydroxylation is 1. The van der Waals surface area contributed by atoms with Crippen LogP contribution in [0.4, 0.5) is 10.1 Å². The van der Waals surface area contributed by atoms with Crippen LogP contribution in [0.1, 0.15) is 18.1 Å². The fraction of sp³-hybridized carbons (Fsp3) is 0.138. The normalized spacial score (nSPS) is 12.1. The van der Waals surface area contributed by atoms with Crippen molar-refractivity contribution in [2.75, 3.05) is 4.31 Å². The molecule has 202 valence electrons. The Morgan fingerprint density at radius 3 is 2.23 bits per heavy atom. The van der Waals surface area contributed by atoms with Crippen molar-refractivity contribution in [3.8, 4) is 0 Å². The summed E-state index contributed by atoms with van der Waals surface area (Å²) in [5.74, 6) is -1.45. The first-order chi connectivity index (χ1) is 18.6. The molecule has 1 amide bonds. The molecule has 0 fully saturated rings. The highest BCUT2D eigenvalue weighted by atomic mass is 35.5. The van der Waals surface area contributed by atoms with Gasteiger partial charge in [0.1, 0.15) is 11.9 Å². The summed E-state index contributed by atoms with van der Waals surface area (Å²) in [6.07, 6.45) is 0. The molecule has 0 heterocycles. The molecule has 39 heavy (non-hydrogen) atoms. The number of hydrogen-bond donors (Lipinski definition) is 1. The fourth-order valence-corrected chi connectivity index (χ4v) is 6.84. The van der Waals surface area contributed by atoms with E-state index in [2.05, 4.69) is 5.32 Å². The number of carbonyl (C=O) groups excluding carboxylic acids is 1. The van der Waals surface area contributed by atoms with Crippen molar-refractivity contribution in [3.05, 3.63) is 118 Å². The largest absolute Gasteiger partial charge is 0.350 e. The van der Waals surface area contributed by atoms with Gasteiger partial charge in [0.15, 0.2) is 0 Å². The van der Waals surface area contributed by atoms with Crippen molar-refractivity contribution in [1.82, 2.24) is 5.32 Å². The standard InChI is InChI=1S/C29H25Cl2FN2O3S2/c1-19-7-3-5-9-27(19)38-28-10-6-4-8-21(28)18-33-29(35)20(2)34(26-17-23(31)13-16-25(26)32)39(36,37)24-14-11-22(30)12-15-24/h3-17,20H,18H2,1-2H3,(H,33,35). The molecule has 4 rings (SSSR count). The van der Waals surface area contributed by atoms with E-state index in [1.165, 1.54) is 43.3 Å². The van der Waals surface area contributed by atoms with E-state index in [0.29, 0.717) is 5.02 Å². The van der Waals surface area contributed by atoms with Crippen LogP contribution in [0.3, 0.4) is 0 Å². The minimum atomic E-state index is -4.38. The summed E-state index contributed by atoms with van der Waals surface area (Å²) in [5, 5.41) is 3.28. The Bertz CT molecular complexity index is 1600. The molecule has 0 aromatic heterocycles. The predicted molar refractivity (Wildman–Crippen MR) is 156 cm³/mol. The van der Waals surface area contributed by atoms with Crippen molar-refractivity contribution in [3.63, 3.8) is 0 Å². The average Bonchev–Trinajstić information content (AvgIpc) is 2.91. The minimum Gasteiger partial charge on any atom is -0.350 e. The molecule has 1 atom stereocenters. The van der Waals surface area contributed by atoms with E-state index in [4.69, 9.17) is 23.2 Å². The second-order valence-corrected chi connectivity index (χ2v) is 12.5. The highest BCUT2D eigenvalue weighted by Gasteiger charge is 2.35. The van der Waals surface area contributed by atoms with Crippen LogP contribution in [0.15, 0.2) is 106 Å². The summed E-state index contributed by atoms with van der Waals surface area (Å²) in [6, 6.07) is 23.3. The van der Waals surface area contributed by atoms with Gasteiger partial charge in [0, 0.05) is 26.4 Å². The van der Waals surface area contributed by atoms with Crippen LogP contribution in [-0.4, -0.2) is 20.4 Å². The maximum atomic E-state index is 15.0. The van der Waals surface area contributed by atoms with Crippen LogP contribution < -0.4 is 9.62 Å². The first-order valence-electron chi connectivity index (χ1n) is 11.9. The lowest BCUT2D eigenvalue weighted by atomic mass is 10.2. The number of sulfonamides is 1. The Hall–Kier alpha value is -3.04. The van der Waals surface area contributed by atoms with Crippen molar-refractivity contribution in [2.24, 2.45) is 0 Å². The number of nitrogens with one attached hydrogen (secondary N) is 1. The van der Waals surface area contributed by atoms with Gasteiger partial charge in [-0.1, -0.05) is 71.4 Å². The molecular weight excluding hydrogens is 578 g/mol. The molecule has 5 nitrogen and oxygen atoms in total. The number of nitrogens with zero attached hydrogens (tertiary/aromatic N) is 1. The van der Waals surface area contributed by atoms with E-state index in [0.717, 1.165) is 31.3 Å². The van der Waals surface area contributed by atoms with Crippen molar-refractivity contribution < 1.29 is 17.6 Å². The molecule has 0 spiro atoms. The Morgan fingerprint density at radius 1 is 0.923 bits per heavy atom. The third-order valence-corrected chi connectivity index (χ3v) is 9.67. The summed E-state index contributed by atoms with van der Waals surface area (Å²) in [7, 11) is -4.38. The SMILES string of the molecule is Cc1ccccc1Sc1ccccc1CNC(=O)C(C)N(c1cc(Cl)ccc1F)S(=O)(=O)c1ccc(Cl)cc1. The van der Waals surface area contributed by atoms with Crippen LogP contribution in [0, 0.1) is 12.7 Å². The number of halogens is 3. The van der Waals surface area contributed by atoms with E-state index < -0.39 is 27.8 Å². The minimum absolute atomic E-state index is 0.123. The maximum absolute atomic E-state index is 15.0. The molecule has 0 aliphatic carbocycles. The van der Waals surface area contributed by atoms with Gasteiger partial charge in [-0.3, -0.25) is 9.10 Å². The second-order valence-electron chi connectivity index (χ2n) is 8.72.